The summed E-state index contributed by atoms with van der Waals surface area (Å²) in [7, 11) is 0. The first-order valence-corrected chi connectivity index (χ1v) is 6.07. The molecule has 0 fully saturated rings. The van der Waals surface area contributed by atoms with Gasteiger partial charge in [0.1, 0.15) is 0 Å². The van der Waals surface area contributed by atoms with Crippen molar-refractivity contribution < 1.29 is 51.4 Å². The quantitative estimate of drug-likeness (QED) is 0.402. The van der Waals surface area contributed by atoms with Gasteiger partial charge in [0.05, 0.1) is 5.69 Å². The summed E-state index contributed by atoms with van der Waals surface area (Å²) in [6.45, 7) is 15.3. The summed E-state index contributed by atoms with van der Waals surface area (Å²) >= 11 is 1.78. The maximum Gasteiger partial charge on any atom is 0.0541 e. The Labute approximate surface area is 158 Å². The molecule has 2 aromatic rings. The number of rotatable bonds is 4. The predicted octanol–water partition coefficient (Wildman–Crippen LogP) is -0.678. The summed E-state index contributed by atoms with van der Waals surface area (Å²) < 4.78 is 22.5. The van der Waals surface area contributed by atoms with Crippen LogP contribution < -0.4 is 22.3 Å². The van der Waals surface area contributed by atoms with Gasteiger partial charge in [-0.3, -0.25) is 4.98 Å². The van der Waals surface area contributed by atoms with Crippen molar-refractivity contribution in [3.8, 4) is 0 Å². The summed E-state index contributed by atoms with van der Waals surface area (Å²) in [5, 5.41) is 5.45. The maximum atomic E-state index is 7.50. The van der Waals surface area contributed by atoms with Gasteiger partial charge in [0, 0.05) is 44.6 Å². The van der Waals surface area contributed by atoms with Crippen molar-refractivity contribution in [2.24, 2.45) is 0 Å². The van der Waals surface area contributed by atoms with Crippen molar-refractivity contribution in [3.63, 3.8) is 0 Å². The van der Waals surface area contributed by atoms with Gasteiger partial charge < -0.3 is 22.3 Å². The van der Waals surface area contributed by atoms with Gasteiger partial charge in [-0.2, -0.15) is 0 Å². The zero-order valence-electron chi connectivity index (χ0n) is 11.3. The molecular weight excluding hydrogens is 542 g/mol. The fourth-order valence-corrected chi connectivity index (χ4v) is 1.90. The first-order valence-electron chi connectivity index (χ1n) is 5.19. The normalized spacial score (nSPS) is 6.82. The van der Waals surface area contributed by atoms with Crippen LogP contribution >= 0.6 is 11.3 Å². The van der Waals surface area contributed by atoms with Gasteiger partial charge in [-0.15, -0.1) is 11.3 Å². The fourth-order valence-electron chi connectivity index (χ4n) is 1.23. The van der Waals surface area contributed by atoms with Crippen LogP contribution in [0.25, 0.3) is 0 Å². The van der Waals surface area contributed by atoms with E-state index in [9.17, 15) is 0 Å². The van der Waals surface area contributed by atoms with E-state index >= 15 is 0 Å². The Hall–Kier alpha value is -0.828. The van der Waals surface area contributed by atoms with Crippen LogP contribution in [0.1, 0.15) is 10.6 Å². The third-order valence-electron chi connectivity index (χ3n) is 1.91. The second-order valence-electron chi connectivity index (χ2n) is 3.00. The van der Waals surface area contributed by atoms with Gasteiger partial charge in [0.15, 0.2) is 0 Å². The topological polar surface area (TPSA) is 84.6 Å². The van der Waals surface area contributed by atoms with Crippen molar-refractivity contribution in [3.05, 3.63) is 72.4 Å². The molecule has 0 bridgehead atoms. The molecule has 0 saturated heterocycles. The van der Waals surface area contributed by atoms with Crippen LogP contribution in [0.5, 0.6) is 0 Å². The molecule has 2 heterocycles. The number of halogens is 1. The molecule has 0 aliphatic carbocycles. The van der Waals surface area contributed by atoms with E-state index in [2.05, 4.69) is 47.8 Å². The number of aromatic nitrogens is 1. The van der Waals surface area contributed by atoms with Crippen LogP contribution in [0.15, 0.2) is 41.9 Å². The SMILES string of the molecule is [Br-].[C-]#[O+].[C-]#[O+].[C-]#[O+].[Re].c1ccc(CNCc2cccs2)nc1. The predicted molar refractivity (Wildman–Crippen MR) is 70.9 cm³/mol. The number of hydrogen-bond acceptors (Lipinski definition) is 3. The van der Waals surface area contributed by atoms with E-state index in [0.29, 0.717) is 0 Å². The molecule has 22 heavy (non-hydrogen) atoms. The minimum Gasteiger partial charge on any atom is -0.306 e. The van der Waals surface area contributed by atoms with Crippen LogP contribution in [-0.4, -0.2) is 4.98 Å². The zero-order chi connectivity index (χ0) is 15.6. The van der Waals surface area contributed by atoms with E-state index in [1.165, 1.54) is 4.88 Å². The van der Waals surface area contributed by atoms with Crippen molar-refractivity contribution in [1.29, 1.82) is 0 Å². The molecule has 2 rings (SSSR count). The molecule has 0 unspecified atom stereocenters. The average molecular weight is 554 g/mol. The Morgan fingerprint density at radius 2 is 1.59 bits per heavy atom. The number of nitrogens with zero attached hydrogens (tertiary/aromatic N) is 1. The molecule has 8 heteroatoms. The van der Waals surface area contributed by atoms with Crippen molar-refractivity contribution in [1.82, 2.24) is 10.3 Å². The smallest absolute Gasteiger partial charge is 0.0541 e. The molecule has 0 aliphatic rings. The number of thiophene rings is 1. The van der Waals surface area contributed by atoms with Gasteiger partial charge in [-0.1, -0.05) is 12.1 Å². The van der Waals surface area contributed by atoms with Gasteiger partial charge in [-0.05, 0) is 23.6 Å². The Morgan fingerprint density at radius 1 is 0.955 bits per heavy atom. The van der Waals surface area contributed by atoms with E-state index in [0.717, 1.165) is 18.8 Å². The zero-order valence-corrected chi connectivity index (χ0v) is 16.4. The van der Waals surface area contributed by atoms with E-state index < -0.39 is 0 Å². The molecule has 117 valence electrons. The van der Waals surface area contributed by atoms with Gasteiger partial charge in [0.25, 0.3) is 0 Å². The van der Waals surface area contributed by atoms with Crippen LogP contribution in [-0.2, 0) is 47.5 Å². The maximum absolute atomic E-state index is 7.50. The second-order valence-corrected chi connectivity index (χ2v) is 4.04. The van der Waals surface area contributed by atoms with E-state index in [4.69, 9.17) is 14.0 Å². The second kappa shape index (κ2) is 25.1. The Balaban J connectivity index is -0.000000182. The van der Waals surface area contributed by atoms with Crippen molar-refractivity contribution in [2.45, 2.75) is 13.1 Å². The van der Waals surface area contributed by atoms with Crippen LogP contribution in [0.4, 0.5) is 0 Å². The summed E-state index contributed by atoms with van der Waals surface area (Å²) in [4.78, 5) is 5.60. The third-order valence-corrected chi connectivity index (χ3v) is 2.79. The molecule has 0 aromatic carbocycles. The Bertz CT molecular complexity index is 476. The largest absolute Gasteiger partial charge is 0.306 e. The summed E-state index contributed by atoms with van der Waals surface area (Å²) in [6, 6.07) is 10.2. The first kappa shape index (κ1) is 29.2. The number of pyridine rings is 1. The minimum atomic E-state index is 0. The molecule has 1 radical (unpaired) electrons. The average Bonchev–Trinajstić information content (AvgIpc) is 3.08. The molecule has 0 atom stereocenters. The van der Waals surface area contributed by atoms with Crippen molar-refractivity contribution in [2.75, 3.05) is 0 Å². The molecule has 0 spiro atoms. The minimum absolute atomic E-state index is 0. The summed E-state index contributed by atoms with van der Waals surface area (Å²) in [6.07, 6.45) is 1.82. The van der Waals surface area contributed by atoms with Gasteiger partial charge in [0.2, 0.25) is 0 Å². The van der Waals surface area contributed by atoms with E-state index in [1.54, 1.807) is 11.3 Å². The Kier molecular flexibility index (Phi) is 33.4. The van der Waals surface area contributed by atoms with Crippen LogP contribution in [0.2, 0.25) is 0 Å². The van der Waals surface area contributed by atoms with Gasteiger partial charge >= 0.3 is 33.9 Å². The molecular formula is C14H12BrN2O3ReS-. The Morgan fingerprint density at radius 3 is 2.05 bits per heavy atom. The summed E-state index contributed by atoms with van der Waals surface area (Å²) in [5.41, 5.74) is 1.09. The van der Waals surface area contributed by atoms with Crippen LogP contribution in [0.3, 0.4) is 0 Å². The third kappa shape index (κ3) is 15.6. The standard InChI is InChI=1S/C11H12N2S.3CO.BrH.Re/c1-2-6-13-10(4-1)8-12-9-11-5-3-7-14-11;3*1-2;;/h1-7,12H,8-9H2;;;;1H;/p-1. The molecule has 1 N–H and O–H groups in total. The van der Waals surface area contributed by atoms with Crippen molar-refractivity contribution >= 4 is 11.3 Å². The van der Waals surface area contributed by atoms with E-state index in [-0.39, 0.29) is 37.4 Å². The molecule has 5 nitrogen and oxygen atoms in total. The van der Waals surface area contributed by atoms with Crippen LogP contribution in [0, 0.1) is 20.0 Å². The fraction of sp³-hybridized carbons (Fsp3) is 0.143. The number of nitrogens with one attached hydrogen (secondary N) is 1. The first-order chi connectivity index (χ1) is 9.95. The molecule has 0 amide bonds. The molecule has 0 saturated carbocycles. The van der Waals surface area contributed by atoms with E-state index in [1.807, 2.05) is 24.4 Å². The number of hydrogen-bond donors (Lipinski definition) is 1. The van der Waals surface area contributed by atoms with Gasteiger partial charge in [-0.25, -0.2) is 0 Å². The summed E-state index contributed by atoms with van der Waals surface area (Å²) in [5.74, 6) is 0. The monoisotopic (exact) mass is 554 g/mol. The molecule has 2 aromatic heterocycles. The molecule has 0 aliphatic heterocycles.